The number of nitriles is 1. The summed E-state index contributed by atoms with van der Waals surface area (Å²) >= 11 is 0. The molecule has 4 heteroatoms. The fourth-order valence-electron chi connectivity index (χ4n) is 1.02. The normalized spacial score (nSPS) is 13.1. The van der Waals surface area contributed by atoms with Crippen LogP contribution in [0.5, 0.6) is 0 Å². The van der Waals surface area contributed by atoms with Gasteiger partial charge in [0, 0.05) is 0 Å². The zero-order valence-corrected chi connectivity index (χ0v) is 7.71. The van der Waals surface area contributed by atoms with Crippen LogP contribution < -0.4 is 0 Å². The lowest BCUT2D eigenvalue weighted by atomic mass is 10.1. The van der Waals surface area contributed by atoms with Crippen molar-refractivity contribution in [2.75, 3.05) is 7.11 Å². The second-order valence-corrected chi connectivity index (χ2v) is 2.58. The molecule has 0 aromatic heterocycles. The molecule has 0 unspecified atom stereocenters. The minimum atomic E-state index is -1.03. The van der Waals surface area contributed by atoms with Crippen LogP contribution in [0.4, 0.5) is 0 Å². The first-order valence-electron chi connectivity index (χ1n) is 4.03. The van der Waals surface area contributed by atoms with E-state index >= 15 is 0 Å². The molecule has 1 aromatic carbocycles. The molecular formula is C10H10N2O2. The van der Waals surface area contributed by atoms with E-state index < -0.39 is 6.10 Å². The number of hydrogen-bond acceptors (Lipinski definition) is 4. The molecular weight excluding hydrogens is 180 g/mol. The molecule has 72 valence electrons. The van der Waals surface area contributed by atoms with Crippen LogP contribution in [-0.4, -0.2) is 17.9 Å². The van der Waals surface area contributed by atoms with E-state index in [-0.39, 0.29) is 5.71 Å². The van der Waals surface area contributed by atoms with E-state index in [2.05, 4.69) is 9.99 Å². The number of aliphatic hydroxyl groups excluding tert-OH is 1. The maximum Gasteiger partial charge on any atom is 0.189 e. The minimum absolute atomic E-state index is 0.0568. The highest BCUT2D eigenvalue weighted by Crippen LogP contribution is 2.13. The van der Waals surface area contributed by atoms with Gasteiger partial charge < -0.3 is 9.94 Å². The standard InChI is InChI=1S/C10H10N2O2/c1-14-12-9(7-11)10(13)8-5-3-2-4-6-8/h2-6,10,13H,1H3/b12-9+/t10-/m1/s1. The van der Waals surface area contributed by atoms with Crippen LogP contribution in [0, 0.1) is 11.3 Å². The molecule has 0 bridgehead atoms. The molecule has 0 aliphatic carbocycles. The maximum atomic E-state index is 9.68. The maximum absolute atomic E-state index is 9.68. The number of hydrogen-bond donors (Lipinski definition) is 1. The van der Waals surface area contributed by atoms with Gasteiger partial charge in [-0.1, -0.05) is 35.5 Å². The highest BCUT2D eigenvalue weighted by molar-refractivity contribution is 6.01. The summed E-state index contributed by atoms with van der Waals surface area (Å²) in [6.45, 7) is 0. The lowest BCUT2D eigenvalue weighted by molar-refractivity contribution is 0.197. The summed E-state index contributed by atoms with van der Waals surface area (Å²) in [4.78, 5) is 4.44. The molecule has 0 saturated heterocycles. The van der Waals surface area contributed by atoms with Gasteiger partial charge in [-0.15, -0.1) is 0 Å². The first kappa shape index (κ1) is 10.2. The second-order valence-electron chi connectivity index (χ2n) is 2.58. The molecule has 1 aromatic rings. The Labute approximate surface area is 82.0 Å². The largest absolute Gasteiger partial charge is 0.398 e. The van der Waals surface area contributed by atoms with Gasteiger partial charge in [0.1, 0.15) is 19.3 Å². The fourth-order valence-corrected chi connectivity index (χ4v) is 1.02. The number of aliphatic hydroxyl groups is 1. The van der Waals surface area contributed by atoms with Crippen molar-refractivity contribution in [1.29, 1.82) is 5.26 Å². The lowest BCUT2D eigenvalue weighted by Crippen LogP contribution is -2.10. The van der Waals surface area contributed by atoms with Gasteiger partial charge in [-0.05, 0) is 5.56 Å². The van der Waals surface area contributed by atoms with Crippen molar-refractivity contribution >= 4 is 5.71 Å². The van der Waals surface area contributed by atoms with Crippen LogP contribution in [-0.2, 0) is 4.84 Å². The Morgan fingerprint density at radius 2 is 2.14 bits per heavy atom. The van der Waals surface area contributed by atoms with Crippen LogP contribution in [0.1, 0.15) is 11.7 Å². The van der Waals surface area contributed by atoms with Crippen LogP contribution >= 0.6 is 0 Å². The molecule has 4 nitrogen and oxygen atoms in total. The summed E-state index contributed by atoms with van der Waals surface area (Å²) in [5.74, 6) is 0. The number of oxime groups is 1. The van der Waals surface area contributed by atoms with Crippen molar-refractivity contribution in [2.45, 2.75) is 6.10 Å². The monoisotopic (exact) mass is 190 g/mol. The first-order valence-corrected chi connectivity index (χ1v) is 4.03. The topological polar surface area (TPSA) is 65.6 Å². The average molecular weight is 190 g/mol. The van der Waals surface area contributed by atoms with Gasteiger partial charge in [-0.25, -0.2) is 0 Å². The van der Waals surface area contributed by atoms with Gasteiger partial charge in [0.25, 0.3) is 0 Å². The fraction of sp³-hybridized carbons (Fsp3) is 0.200. The van der Waals surface area contributed by atoms with E-state index in [1.165, 1.54) is 7.11 Å². The lowest BCUT2D eigenvalue weighted by Gasteiger charge is -2.06. The molecule has 1 N–H and O–H groups in total. The Morgan fingerprint density at radius 1 is 1.50 bits per heavy atom. The molecule has 0 aliphatic rings. The zero-order valence-electron chi connectivity index (χ0n) is 7.71. The van der Waals surface area contributed by atoms with Gasteiger partial charge in [0.15, 0.2) is 5.71 Å². The van der Waals surface area contributed by atoms with Crippen LogP contribution in [0.15, 0.2) is 35.5 Å². The van der Waals surface area contributed by atoms with Crippen LogP contribution in [0.2, 0.25) is 0 Å². The highest BCUT2D eigenvalue weighted by atomic mass is 16.6. The molecule has 0 fully saturated rings. The van der Waals surface area contributed by atoms with Gasteiger partial charge in [0.05, 0.1) is 0 Å². The summed E-state index contributed by atoms with van der Waals surface area (Å²) < 4.78 is 0. The molecule has 14 heavy (non-hydrogen) atoms. The Bertz CT molecular complexity index is 354. The van der Waals surface area contributed by atoms with Gasteiger partial charge in [-0.3, -0.25) is 0 Å². The Kier molecular flexibility index (Phi) is 3.65. The molecule has 0 amide bonds. The van der Waals surface area contributed by atoms with Crippen molar-refractivity contribution < 1.29 is 9.94 Å². The van der Waals surface area contributed by atoms with Crippen molar-refractivity contribution in [3.05, 3.63) is 35.9 Å². The first-order chi connectivity index (χ1) is 6.79. The average Bonchev–Trinajstić information content (AvgIpc) is 2.26. The van der Waals surface area contributed by atoms with Gasteiger partial charge in [0.2, 0.25) is 0 Å². The van der Waals surface area contributed by atoms with Crippen molar-refractivity contribution in [3.63, 3.8) is 0 Å². The summed E-state index contributed by atoms with van der Waals surface area (Å²) in [7, 11) is 1.33. The Hall–Kier alpha value is -1.86. The van der Waals surface area contributed by atoms with Crippen molar-refractivity contribution in [3.8, 4) is 6.07 Å². The molecule has 0 spiro atoms. The SMILES string of the molecule is CO/N=C(\C#N)[C@H](O)c1ccccc1. The number of nitrogens with zero attached hydrogens (tertiary/aromatic N) is 2. The summed E-state index contributed by atoms with van der Waals surface area (Å²) in [6, 6.07) is 10.6. The summed E-state index contributed by atoms with van der Waals surface area (Å²) in [6.07, 6.45) is -1.03. The molecule has 0 saturated carbocycles. The zero-order chi connectivity index (χ0) is 10.4. The number of benzene rings is 1. The summed E-state index contributed by atoms with van der Waals surface area (Å²) in [5, 5.41) is 21.8. The van der Waals surface area contributed by atoms with E-state index in [1.807, 2.05) is 6.07 Å². The second kappa shape index (κ2) is 5.00. The van der Waals surface area contributed by atoms with E-state index in [4.69, 9.17) is 5.26 Å². The third kappa shape index (κ3) is 2.31. The van der Waals surface area contributed by atoms with Crippen molar-refractivity contribution in [1.82, 2.24) is 0 Å². The number of rotatable bonds is 3. The third-order valence-corrected chi connectivity index (χ3v) is 1.68. The summed E-state index contributed by atoms with van der Waals surface area (Å²) in [5.41, 5.74) is 0.559. The van der Waals surface area contributed by atoms with Crippen LogP contribution in [0.25, 0.3) is 0 Å². The smallest absolute Gasteiger partial charge is 0.189 e. The molecule has 0 aliphatic heterocycles. The van der Waals surface area contributed by atoms with E-state index in [0.29, 0.717) is 5.56 Å². The Morgan fingerprint density at radius 3 is 2.64 bits per heavy atom. The third-order valence-electron chi connectivity index (χ3n) is 1.68. The quantitative estimate of drug-likeness (QED) is 0.576. The van der Waals surface area contributed by atoms with Gasteiger partial charge >= 0.3 is 0 Å². The molecule has 1 rings (SSSR count). The Balaban J connectivity index is 2.91. The molecule has 0 radical (unpaired) electrons. The van der Waals surface area contributed by atoms with Crippen LogP contribution in [0.3, 0.4) is 0 Å². The van der Waals surface area contributed by atoms with Gasteiger partial charge in [-0.2, -0.15) is 5.26 Å². The van der Waals surface area contributed by atoms with Crippen molar-refractivity contribution in [2.24, 2.45) is 5.16 Å². The molecule has 1 atom stereocenters. The highest BCUT2D eigenvalue weighted by Gasteiger charge is 2.14. The van der Waals surface area contributed by atoms with E-state index in [9.17, 15) is 5.11 Å². The predicted octanol–water partition coefficient (Wildman–Crippen LogP) is 1.25. The minimum Gasteiger partial charge on any atom is -0.398 e. The van der Waals surface area contributed by atoms with E-state index in [1.54, 1.807) is 30.3 Å². The molecule has 0 heterocycles. The van der Waals surface area contributed by atoms with E-state index in [0.717, 1.165) is 0 Å². The predicted molar refractivity (Wildman–Crippen MR) is 51.5 cm³/mol.